The van der Waals surface area contributed by atoms with Gasteiger partial charge in [-0.3, -0.25) is 4.40 Å². The van der Waals surface area contributed by atoms with Gasteiger partial charge in [0.15, 0.2) is 0 Å². The summed E-state index contributed by atoms with van der Waals surface area (Å²) in [5.74, 6) is 0. The van der Waals surface area contributed by atoms with Crippen LogP contribution in [0, 0.1) is 0 Å². The first kappa shape index (κ1) is 28.9. The Labute approximate surface area is 306 Å². The topological polar surface area (TPSA) is 22.2 Å². The Hall–Kier alpha value is -6.71. The lowest BCUT2D eigenvalue weighted by Gasteiger charge is -2.21. The summed E-state index contributed by atoms with van der Waals surface area (Å²) in [5.41, 5.74) is 15.7. The van der Waals surface area contributed by atoms with Gasteiger partial charge in [0, 0.05) is 32.6 Å². The molecule has 0 saturated heterocycles. The maximum atomic E-state index is 5.22. The minimum absolute atomic E-state index is 0.0758. The average Bonchev–Trinajstić information content (AvgIpc) is 3.82. The van der Waals surface area contributed by atoms with Crippen LogP contribution in [0.4, 0.5) is 0 Å². The molecule has 1 aliphatic carbocycles. The van der Waals surface area contributed by atoms with Gasteiger partial charge in [-0.05, 0) is 110 Å². The lowest BCUT2D eigenvalue weighted by Crippen LogP contribution is -2.14. The van der Waals surface area contributed by atoms with Gasteiger partial charge in [0.2, 0.25) is 0 Å². The number of hydrogen-bond acceptors (Lipinski definition) is 1. The molecule has 0 N–H and O–H groups in total. The van der Waals surface area contributed by atoms with Gasteiger partial charge in [-0.2, -0.15) is 0 Å². The van der Waals surface area contributed by atoms with Crippen LogP contribution in [0.25, 0.3) is 98.9 Å². The summed E-state index contributed by atoms with van der Waals surface area (Å²) in [6.45, 7) is 4.73. The first-order valence-electron chi connectivity index (χ1n) is 18.5. The fourth-order valence-corrected chi connectivity index (χ4v) is 9.49. The largest absolute Gasteiger partial charge is 0.309 e. The highest BCUT2D eigenvalue weighted by atomic mass is 15.0. The van der Waals surface area contributed by atoms with Crippen molar-refractivity contribution in [3.8, 4) is 27.9 Å². The Kier molecular flexibility index (Phi) is 5.57. The number of rotatable bonds is 2. The van der Waals surface area contributed by atoms with E-state index in [4.69, 9.17) is 4.98 Å². The highest BCUT2D eigenvalue weighted by molar-refractivity contribution is 6.18. The molecule has 0 radical (unpaired) electrons. The van der Waals surface area contributed by atoms with E-state index in [0.717, 1.165) is 27.9 Å². The summed E-state index contributed by atoms with van der Waals surface area (Å²) in [4.78, 5) is 5.22. The van der Waals surface area contributed by atoms with Crippen molar-refractivity contribution in [1.82, 2.24) is 14.0 Å². The molecule has 0 fully saturated rings. The summed E-state index contributed by atoms with van der Waals surface area (Å²) < 4.78 is 4.83. The van der Waals surface area contributed by atoms with Crippen LogP contribution in [0.15, 0.2) is 164 Å². The molecule has 1 aliphatic rings. The Morgan fingerprint density at radius 1 is 0.434 bits per heavy atom. The SMILES string of the molecule is CC1(C)c2ccccc2-c2cc3c4ccccc4n(-c4cccc(-c5ccc6c7cc8ccccc8cc7c7nc8ccccc8n7c6c5)c4)c3cc21. The molecular formula is C50H33N3. The van der Waals surface area contributed by atoms with Gasteiger partial charge in [0.25, 0.3) is 0 Å². The third-order valence-electron chi connectivity index (χ3n) is 12.0. The minimum atomic E-state index is -0.0758. The van der Waals surface area contributed by atoms with Crippen molar-refractivity contribution in [1.29, 1.82) is 0 Å². The molecule has 12 rings (SSSR count). The van der Waals surface area contributed by atoms with Crippen molar-refractivity contribution in [2.45, 2.75) is 19.3 Å². The third-order valence-corrected chi connectivity index (χ3v) is 12.0. The van der Waals surface area contributed by atoms with Crippen LogP contribution < -0.4 is 0 Å². The second-order valence-electron chi connectivity index (χ2n) is 15.2. The predicted octanol–water partition coefficient (Wildman–Crippen LogP) is 13.0. The molecule has 248 valence electrons. The molecule has 0 amide bonds. The first-order valence-corrected chi connectivity index (χ1v) is 18.5. The Balaban J connectivity index is 1.10. The standard InChI is InChI=1S/C50H33N3/c1-50(2)42-18-7-5-16-35(42)39-28-40-36-17-6-9-20-45(36)52(48(40)29-43(39)50)34-15-11-14-30(24-34)33-22-23-37-38-25-31-12-3-4-13-32(31)26-41(38)49-51-44-19-8-10-21-46(44)53(49)47(37)27-33/h3-29H,1-2H3. The molecule has 0 spiro atoms. The van der Waals surface area contributed by atoms with Crippen molar-refractivity contribution in [3.05, 3.63) is 175 Å². The number of pyridine rings is 1. The molecule has 0 aliphatic heterocycles. The monoisotopic (exact) mass is 675 g/mol. The van der Waals surface area contributed by atoms with Crippen molar-refractivity contribution in [2.24, 2.45) is 0 Å². The molecule has 3 heterocycles. The van der Waals surface area contributed by atoms with Gasteiger partial charge >= 0.3 is 0 Å². The predicted molar refractivity (Wildman–Crippen MR) is 223 cm³/mol. The summed E-state index contributed by atoms with van der Waals surface area (Å²) in [6.07, 6.45) is 0. The number of hydrogen-bond donors (Lipinski definition) is 0. The molecule has 8 aromatic carbocycles. The fourth-order valence-electron chi connectivity index (χ4n) is 9.49. The van der Waals surface area contributed by atoms with E-state index in [9.17, 15) is 0 Å². The van der Waals surface area contributed by atoms with Crippen LogP contribution in [0.3, 0.4) is 0 Å². The molecule has 0 saturated carbocycles. The van der Waals surface area contributed by atoms with E-state index in [1.54, 1.807) is 0 Å². The summed E-state index contributed by atoms with van der Waals surface area (Å²) in [6, 6.07) is 60.5. The van der Waals surface area contributed by atoms with Gasteiger partial charge in [0.1, 0.15) is 5.65 Å². The van der Waals surface area contributed by atoms with Crippen LogP contribution in [0.1, 0.15) is 25.0 Å². The normalized spacial score (nSPS) is 13.6. The quantitative estimate of drug-likeness (QED) is 0.132. The van der Waals surface area contributed by atoms with Gasteiger partial charge in [-0.25, -0.2) is 4.98 Å². The van der Waals surface area contributed by atoms with E-state index >= 15 is 0 Å². The second kappa shape index (κ2) is 10.2. The second-order valence-corrected chi connectivity index (χ2v) is 15.2. The molecule has 0 atom stereocenters. The summed E-state index contributed by atoms with van der Waals surface area (Å²) >= 11 is 0. The molecule has 0 bridgehead atoms. The van der Waals surface area contributed by atoms with Crippen LogP contribution in [-0.4, -0.2) is 14.0 Å². The van der Waals surface area contributed by atoms with E-state index in [-0.39, 0.29) is 5.41 Å². The van der Waals surface area contributed by atoms with Crippen molar-refractivity contribution in [2.75, 3.05) is 0 Å². The minimum Gasteiger partial charge on any atom is -0.309 e. The number of para-hydroxylation sites is 3. The zero-order valence-electron chi connectivity index (χ0n) is 29.4. The first-order chi connectivity index (χ1) is 26.0. The number of benzene rings is 8. The van der Waals surface area contributed by atoms with E-state index in [0.29, 0.717) is 0 Å². The average molecular weight is 676 g/mol. The van der Waals surface area contributed by atoms with E-state index in [1.165, 1.54) is 82.1 Å². The molecule has 11 aromatic rings. The van der Waals surface area contributed by atoms with Crippen molar-refractivity contribution >= 4 is 70.9 Å². The van der Waals surface area contributed by atoms with Crippen LogP contribution in [0.2, 0.25) is 0 Å². The summed E-state index contributed by atoms with van der Waals surface area (Å²) in [7, 11) is 0. The third kappa shape index (κ3) is 3.86. The summed E-state index contributed by atoms with van der Waals surface area (Å²) in [5, 5.41) is 8.65. The molecule has 0 unspecified atom stereocenters. The lowest BCUT2D eigenvalue weighted by atomic mass is 9.82. The van der Waals surface area contributed by atoms with Crippen LogP contribution in [-0.2, 0) is 5.41 Å². The molecule has 3 aromatic heterocycles. The number of imidazole rings is 1. The highest BCUT2D eigenvalue weighted by Gasteiger charge is 2.36. The molecule has 3 nitrogen and oxygen atoms in total. The van der Waals surface area contributed by atoms with E-state index in [2.05, 4.69) is 187 Å². The van der Waals surface area contributed by atoms with Crippen LogP contribution >= 0.6 is 0 Å². The Morgan fingerprint density at radius 3 is 2.04 bits per heavy atom. The van der Waals surface area contributed by atoms with Gasteiger partial charge in [-0.15, -0.1) is 0 Å². The van der Waals surface area contributed by atoms with Crippen LogP contribution in [0.5, 0.6) is 0 Å². The zero-order valence-corrected chi connectivity index (χ0v) is 29.4. The fraction of sp³-hybridized carbons (Fsp3) is 0.0600. The van der Waals surface area contributed by atoms with Gasteiger partial charge < -0.3 is 4.57 Å². The van der Waals surface area contributed by atoms with E-state index < -0.39 is 0 Å². The van der Waals surface area contributed by atoms with Gasteiger partial charge in [-0.1, -0.05) is 117 Å². The van der Waals surface area contributed by atoms with Crippen molar-refractivity contribution < 1.29 is 0 Å². The maximum absolute atomic E-state index is 5.22. The highest BCUT2D eigenvalue weighted by Crippen LogP contribution is 2.51. The Bertz CT molecular complexity index is 3370. The van der Waals surface area contributed by atoms with Gasteiger partial charge in [0.05, 0.1) is 27.6 Å². The Morgan fingerprint density at radius 2 is 1.15 bits per heavy atom. The number of nitrogens with zero attached hydrogens (tertiary/aromatic N) is 3. The number of aromatic nitrogens is 3. The molecule has 3 heteroatoms. The molecule has 53 heavy (non-hydrogen) atoms. The zero-order chi connectivity index (χ0) is 35.0. The number of fused-ring (bicyclic) bond motifs is 15. The molecular weight excluding hydrogens is 643 g/mol. The van der Waals surface area contributed by atoms with Crippen molar-refractivity contribution in [3.63, 3.8) is 0 Å². The maximum Gasteiger partial charge on any atom is 0.146 e. The smallest absolute Gasteiger partial charge is 0.146 e. The van der Waals surface area contributed by atoms with E-state index in [1.807, 2.05) is 0 Å². The lowest BCUT2D eigenvalue weighted by molar-refractivity contribution is 0.661.